The van der Waals surface area contributed by atoms with Crippen LogP contribution in [0.2, 0.25) is 0 Å². The van der Waals surface area contributed by atoms with Crippen LogP contribution in [-0.4, -0.2) is 85.7 Å². The second kappa shape index (κ2) is 11.5. The molecule has 0 aliphatic carbocycles. The van der Waals surface area contributed by atoms with Gasteiger partial charge in [-0.1, -0.05) is 24.3 Å². The SMILES string of the molecule is COc1cc(CN(C)CC(O)Cn2ccc3ccccc32)ccc1OCCN1CCOCC1. The summed E-state index contributed by atoms with van der Waals surface area (Å²) in [5.74, 6) is 1.50. The summed E-state index contributed by atoms with van der Waals surface area (Å²) in [6.45, 7) is 6.86. The van der Waals surface area contributed by atoms with Crippen LogP contribution in [0.5, 0.6) is 11.5 Å². The van der Waals surface area contributed by atoms with Crippen LogP contribution < -0.4 is 9.47 Å². The van der Waals surface area contributed by atoms with Crippen LogP contribution in [0.4, 0.5) is 0 Å². The molecule has 178 valence electrons. The van der Waals surface area contributed by atoms with Crippen LogP contribution in [-0.2, 0) is 17.8 Å². The molecule has 0 amide bonds. The highest BCUT2D eigenvalue weighted by atomic mass is 16.5. The van der Waals surface area contributed by atoms with Crippen LogP contribution >= 0.6 is 0 Å². The molecular weight excluding hydrogens is 418 g/mol. The highest BCUT2D eigenvalue weighted by molar-refractivity contribution is 5.79. The van der Waals surface area contributed by atoms with E-state index in [0.29, 0.717) is 26.2 Å². The van der Waals surface area contributed by atoms with Gasteiger partial charge in [0.05, 0.1) is 26.4 Å². The number of fused-ring (bicyclic) bond motifs is 1. The molecule has 2 heterocycles. The minimum Gasteiger partial charge on any atom is -0.493 e. The molecular formula is C26H35N3O4. The molecule has 7 heteroatoms. The summed E-state index contributed by atoms with van der Waals surface area (Å²) in [6, 6.07) is 16.4. The molecule has 1 fully saturated rings. The molecule has 0 radical (unpaired) electrons. The number of aliphatic hydroxyl groups is 1. The fourth-order valence-corrected chi connectivity index (χ4v) is 4.36. The first kappa shape index (κ1) is 23.6. The Morgan fingerprint density at radius 2 is 1.91 bits per heavy atom. The first-order valence-electron chi connectivity index (χ1n) is 11.6. The van der Waals surface area contributed by atoms with Gasteiger partial charge in [0.1, 0.15) is 6.61 Å². The van der Waals surface area contributed by atoms with E-state index in [-0.39, 0.29) is 0 Å². The maximum Gasteiger partial charge on any atom is 0.161 e. The molecule has 0 spiro atoms. The largest absolute Gasteiger partial charge is 0.493 e. The summed E-state index contributed by atoms with van der Waals surface area (Å²) >= 11 is 0. The number of hydrogen-bond donors (Lipinski definition) is 1. The summed E-state index contributed by atoms with van der Waals surface area (Å²) < 4.78 is 19.1. The lowest BCUT2D eigenvalue weighted by Gasteiger charge is -2.26. The van der Waals surface area contributed by atoms with Gasteiger partial charge in [-0.05, 0) is 42.3 Å². The second-order valence-corrected chi connectivity index (χ2v) is 8.67. The second-order valence-electron chi connectivity index (χ2n) is 8.67. The Balaban J connectivity index is 1.27. The van der Waals surface area contributed by atoms with Gasteiger partial charge < -0.3 is 23.9 Å². The van der Waals surface area contributed by atoms with E-state index >= 15 is 0 Å². The van der Waals surface area contributed by atoms with Crippen molar-refractivity contribution in [1.82, 2.24) is 14.4 Å². The first-order valence-corrected chi connectivity index (χ1v) is 11.6. The third kappa shape index (κ3) is 6.48. The number of methoxy groups -OCH3 is 1. The molecule has 1 saturated heterocycles. The molecule has 1 unspecified atom stereocenters. The quantitative estimate of drug-likeness (QED) is 0.482. The minimum absolute atomic E-state index is 0.463. The van der Waals surface area contributed by atoms with Crippen LogP contribution in [0.15, 0.2) is 54.7 Å². The Labute approximate surface area is 196 Å². The van der Waals surface area contributed by atoms with E-state index in [1.165, 1.54) is 5.39 Å². The zero-order valence-corrected chi connectivity index (χ0v) is 19.7. The predicted octanol–water partition coefficient (Wildman–Crippen LogP) is 2.85. The maximum atomic E-state index is 10.7. The fourth-order valence-electron chi connectivity index (χ4n) is 4.36. The topological polar surface area (TPSA) is 59.3 Å². The molecule has 33 heavy (non-hydrogen) atoms. The normalized spacial score (nSPS) is 15.8. The van der Waals surface area contributed by atoms with Crippen molar-refractivity contribution in [2.75, 3.05) is 60.2 Å². The number of para-hydroxylation sites is 1. The van der Waals surface area contributed by atoms with E-state index in [4.69, 9.17) is 14.2 Å². The summed E-state index contributed by atoms with van der Waals surface area (Å²) in [6.07, 6.45) is 1.58. The molecule has 1 aliphatic rings. The van der Waals surface area contributed by atoms with Gasteiger partial charge in [-0.25, -0.2) is 0 Å². The molecule has 1 aliphatic heterocycles. The first-order chi connectivity index (χ1) is 16.1. The number of hydrogen-bond acceptors (Lipinski definition) is 6. The third-order valence-electron chi connectivity index (χ3n) is 6.06. The number of likely N-dealkylation sites (N-methyl/N-ethyl adjacent to an activating group) is 1. The number of ether oxygens (including phenoxy) is 3. The Kier molecular flexibility index (Phi) is 8.23. The van der Waals surface area contributed by atoms with Crippen LogP contribution in [0.3, 0.4) is 0 Å². The summed E-state index contributed by atoms with van der Waals surface area (Å²) in [5, 5.41) is 11.9. The molecule has 0 saturated carbocycles. The predicted molar refractivity (Wildman–Crippen MR) is 130 cm³/mol. The van der Waals surface area contributed by atoms with E-state index in [1.807, 2.05) is 37.5 Å². The van der Waals surface area contributed by atoms with Gasteiger partial charge in [0.25, 0.3) is 0 Å². The molecule has 7 nitrogen and oxygen atoms in total. The Morgan fingerprint density at radius 1 is 1.09 bits per heavy atom. The number of aliphatic hydroxyl groups excluding tert-OH is 1. The summed E-state index contributed by atoms with van der Waals surface area (Å²) in [4.78, 5) is 4.48. The van der Waals surface area contributed by atoms with Crippen molar-refractivity contribution < 1.29 is 19.3 Å². The lowest BCUT2D eigenvalue weighted by Crippen LogP contribution is -2.38. The van der Waals surface area contributed by atoms with Crippen molar-refractivity contribution in [2.45, 2.75) is 19.2 Å². The lowest BCUT2D eigenvalue weighted by atomic mass is 10.2. The third-order valence-corrected chi connectivity index (χ3v) is 6.06. The zero-order chi connectivity index (χ0) is 23.0. The van der Waals surface area contributed by atoms with Crippen molar-refractivity contribution in [3.63, 3.8) is 0 Å². The van der Waals surface area contributed by atoms with Crippen LogP contribution in [0.1, 0.15) is 5.56 Å². The number of morpholine rings is 1. The standard InChI is InChI=1S/C26H35N3O4/c1-27(19-23(30)20-29-10-9-22-5-3-4-6-24(22)29)18-21-7-8-25(26(17-21)31-2)33-16-13-28-11-14-32-15-12-28/h3-10,17,23,30H,11-16,18-20H2,1-2H3. The van der Waals surface area contributed by atoms with Crippen LogP contribution in [0.25, 0.3) is 10.9 Å². The van der Waals surface area contributed by atoms with Gasteiger partial charge in [-0.2, -0.15) is 0 Å². The number of aromatic nitrogens is 1. The number of benzene rings is 2. The minimum atomic E-state index is -0.463. The van der Waals surface area contributed by atoms with E-state index in [2.05, 4.69) is 38.6 Å². The van der Waals surface area contributed by atoms with Gasteiger partial charge in [0.2, 0.25) is 0 Å². The molecule has 4 rings (SSSR count). The van der Waals surface area contributed by atoms with E-state index < -0.39 is 6.10 Å². The van der Waals surface area contributed by atoms with Crippen molar-refractivity contribution in [1.29, 1.82) is 0 Å². The van der Waals surface area contributed by atoms with Crippen molar-refractivity contribution in [3.8, 4) is 11.5 Å². The Hall–Kier alpha value is -2.58. The number of nitrogens with zero attached hydrogens (tertiary/aromatic N) is 3. The highest BCUT2D eigenvalue weighted by Gasteiger charge is 2.14. The highest BCUT2D eigenvalue weighted by Crippen LogP contribution is 2.28. The Morgan fingerprint density at radius 3 is 2.73 bits per heavy atom. The van der Waals surface area contributed by atoms with Crippen molar-refractivity contribution in [2.24, 2.45) is 0 Å². The van der Waals surface area contributed by atoms with Gasteiger partial charge in [-0.15, -0.1) is 0 Å². The number of rotatable bonds is 11. The molecule has 0 bridgehead atoms. The van der Waals surface area contributed by atoms with Crippen LogP contribution in [0, 0.1) is 0 Å². The zero-order valence-electron chi connectivity index (χ0n) is 19.7. The average Bonchev–Trinajstić information content (AvgIpc) is 3.23. The van der Waals surface area contributed by atoms with Gasteiger partial charge in [0, 0.05) is 51.0 Å². The molecule has 1 atom stereocenters. The summed E-state index contributed by atoms with van der Waals surface area (Å²) in [7, 11) is 3.69. The van der Waals surface area contributed by atoms with Crippen molar-refractivity contribution in [3.05, 3.63) is 60.3 Å². The molecule has 2 aromatic carbocycles. The molecule has 1 N–H and O–H groups in total. The van der Waals surface area contributed by atoms with Gasteiger partial charge >= 0.3 is 0 Å². The van der Waals surface area contributed by atoms with Gasteiger partial charge in [0.15, 0.2) is 11.5 Å². The fraction of sp³-hybridized carbons (Fsp3) is 0.462. The lowest BCUT2D eigenvalue weighted by molar-refractivity contribution is 0.0321. The van der Waals surface area contributed by atoms with E-state index in [9.17, 15) is 5.11 Å². The van der Waals surface area contributed by atoms with E-state index in [0.717, 1.165) is 55.4 Å². The molecule has 1 aromatic heterocycles. The summed E-state index contributed by atoms with van der Waals surface area (Å²) in [5.41, 5.74) is 2.27. The van der Waals surface area contributed by atoms with Crippen molar-refractivity contribution >= 4 is 10.9 Å². The monoisotopic (exact) mass is 453 g/mol. The van der Waals surface area contributed by atoms with Gasteiger partial charge in [-0.3, -0.25) is 9.80 Å². The van der Waals surface area contributed by atoms with E-state index in [1.54, 1.807) is 7.11 Å². The molecule has 3 aromatic rings. The smallest absolute Gasteiger partial charge is 0.161 e. The Bertz CT molecular complexity index is 1020. The maximum absolute atomic E-state index is 10.7. The average molecular weight is 454 g/mol.